The van der Waals surface area contributed by atoms with E-state index in [0.717, 1.165) is 32.6 Å². The Morgan fingerprint density at radius 3 is 2.58 bits per heavy atom. The van der Waals surface area contributed by atoms with Gasteiger partial charge in [-0.05, 0) is 65.8 Å². The zero-order chi connectivity index (χ0) is 14.3. The van der Waals surface area contributed by atoms with E-state index in [2.05, 4.69) is 30.8 Å². The number of rotatable bonds is 8. The summed E-state index contributed by atoms with van der Waals surface area (Å²) in [5.74, 6) is 0. The molecule has 4 nitrogen and oxygen atoms in total. The molecule has 1 saturated carbocycles. The van der Waals surface area contributed by atoms with Gasteiger partial charge in [0.25, 0.3) is 0 Å². The molecule has 0 aliphatic heterocycles. The summed E-state index contributed by atoms with van der Waals surface area (Å²) in [6.45, 7) is 6.38. The molecule has 0 aromatic rings. The molecule has 0 saturated heterocycles. The molecule has 0 bridgehead atoms. The maximum atomic E-state index is 6.16. The molecule has 0 heterocycles. The van der Waals surface area contributed by atoms with E-state index in [1.807, 2.05) is 7.11 Å². The average Bonchev–Trinajstić information content (AvgIpc) is 2.43. The molecule has 2 unspecified atom stereocenters. The van der Waals surface area contributed by atoms with E-state index >= 15 is 0 Å². The largest absolute Gasteiger partial charge is 0.381 e. The van der Waals surface area contributed by atoms with Crippen molar-refractivity contribution in [3.63, 3.8) is 0 Å². The number of methoxy groups -OCH3 is 1. The van der Waals surface area contributed by atoms with Crippen LogP contribution in [-0.4, -0.2) is 68.8 Å². The average molecular weight is 271 g/mol. The second-order valence-corrected chi connectivity index (χ2v) is 6.12. The van der Waals surface area contributed by atoms with Crippen LogP contribution in [-0.2, 0) is 4.74 Å². The van der Waals surface area contributed by atoms with E-state index in [-0.39, 0.29) is 5.54 Å². The zero-order valence-electron chi connectivity index (χ0n) is 13.3. The fourth-order valence-corrected chi connectivity index (χ4v) is 3.40. The third kappa shape index (κ3) is 4.71. The maximum absolute atomic E-state index is 6.16. The summed E-state index contributed by atoms with van der Waals surface area (Å²) in [7, 11) is 6.10. The molecule has 114 valence electrons. The lowest BCUT2D eigenvalue weighted by Crippen LogP contribution is -2.57. The molecule has 2 N–H and O–H groups in total. The molecule has 1 aliphatic rings. The van der Waals surface area contributed by atoms with Crippen LogP contribution >= 0.6 is 0 Å². The molecule has 0 spiro atoms. The Morgan fingerprint density at radius 2 is 2.05 bits per heavy atom. The van der Waals surface area contributed by atoms with E-state index < -0.39 is 0 Å². The van der Waals surface area contributed by atoms with Gasteiger partial charge >= 0.3 is 0 Å². The van der Waals surface area contributed by atoms with Gasteiger partial charge in [-0.3, -0.25) is 4.90 Å². The third-order valence-electron chi connectivity index (χ3n) is 4.58. The lowest BCUT2D eigenvalue weighted by atomic mass is 9.78. The normalized spacial score (nSPS) is 28.3. The van der Waals surface area contributed by atoms with E-state index in [1.165, 1.54) is 25.7 Å². The standard InChI is InChI=1S/C15H33N3O/c1-5-18(11-7-10-17(2)3)15(13-16)9-6-8-14(12-15)19-4/h14H,5-13,16H2,1-4H3. The van der Waals surface area contributed by atoms with Crippen LogP contribution < -0.4 is 5.73 Å². The minimum Gasteiger partial charge on any atom is -0.381 e. The first kappa shape index (κ1) is 16.9. The second-order valence-electron chi connectivity index (χ2n) is 6.12. The molecule has 1 fully saturated rings. The van der Waals surface area contributed by atoms with Crippen molar-refractivity contribution in [1.82, 2.24) is 9.80 Å². The molecule has 1 rings (SSSR count). The summed E-state index contributed by atoms with van der Waals surface area (Å²) < 4.78 is 5.60. The fraction of sp³-hybridized carbons (Fsp3) is 1.00. The highest BCUT2D eigenvalue weighted by Gasteiger charge is 2.39. The quantitative estimate of drug-likeness (QED) is 0.727. The summed E-state index contributed by atoms with van der Waals surface area (Å²) in [5, 5.41) is 0. The first-order chi connectivity index (χ1) is 9.07. The van der Waals surface area contributed by atoms with E-state index in [4.69, 9.17) is 10.5 Å². The van der Waals surface area contributed by atoms with Crippen molar-refractivity contribution < 1.29 is 4.74 Å². The van der Waals surface area contributed by atoms with E-state index in [0.29, 0.717) is 6.10 Å². The molecule has 1 aliphatic carbocycles. The smallest absolute Gasteiger partial charge is 0.0589 e. The molecule has 4 heteroatoms. The van der Waals surface area contributed by atoms with Crippen LogP contribution in [0.15, 0.2) is 0 Å². The van der Waals surface area contributed by atoms with Crippen molar-refractivity contribution >= 4 is 0 Å². The molecule has 0 aromatic heterocycles. The summed E-state index contributed by atoms with van der Waals surface area (Å²) >= 11 is 0. The summed E-state index contributed by atoms with van der Waals surface area (Å²) in [4.78, 5) is 4.85. The Morgan fingerprint density at radius 1 is 1.32 bits per heavy atom. The molecule has 19 heavy (non-hydrogen) atoms. The van der Waals surface area contributed by atoms with Gasteiger partial charge in [0.2, 0.25) is 0 Å². The van der Waals surface area contributed by atoms with Gasteiger partial charge in [-0.1, -0.05) is 6.92 Å². The van der Waals surface area contributed by atoms with Gasteiger partial charge in [0.15, 0.2) is 0 Å². The minimum atomic E-state index is 0.167. The van der Waals surface area contributed by atoms with Crippen LogP contribution in [0.3, 0.4) is 0 Å². The van der Waals surface area contributed by atoms with Gasteiger partial charge in [-0.15, -0.1) is 0 Å². The van der Waals surface area contributed by atoms with Crippen LogP contribution in [0.25, 0.3) is 0 Å². The first-order valence-corrected chi connectivity index (χ1v) is 7.70. The Balaban J connectivity index is 2.62. The van der Waals surface area contributed by atoms with Crippen LogP contribution in [0, 0.1) is 0 Å². The summed E-state index contributed by atoms with van der Waals surface area (Å²) in [6.07, 6.45) is 6.34. The zero-order valence-corrected chi connectivity index (χ0v) is 13.3. The Kier molecular flexibility index (Phi) is 7.29. The topological polar surface area (TPSA) is 41.7 Å². The van der Waals surface area contributed by atoms with Crippen LogP contribution in [0.1, 0.15) is 39.0 Å². The predicted molar refractivity (Wildman–Crippen MR) is 81.5 cm³/mol. The van der Waals surface area contributed by atoms with Gasteiger partial charge in [-0.2, -0.15) is 0 Å². The number of likely N-dealkylation sites (N-methyl/N-ethyl adjacent to an activating group) is 1. The number of ether oxygens (including phenoxy) is 1. The van der Waals surface area contributed by atoms with Gasteiger partial charge in [-0.25, -0.2) is 0 Å². The highest BCUT2D eigenvalue weighted by atomic mass is 16.5. The molecule has 0 amide bonds. The molecule has 2 atom stereocenters. The molecule has 0 aromatic carbocycles. The van der Waals surface area contributed by atoms with Crippen molar-refractivity contribution in [2.75, 3.05) is 47.4 Å². The lowest BCUT2D eigenvalue weighted by molar-refractivity contribution is -0.0210. The third-order valence-corrected chi connectivity index (χ3v) is 4.58. The minimum absolute atomic E-state index is 0.167. The first-order valence-electron chi connectivity index (χ1n) is 7.70. The van der Waals surface area contributed by atoms with Crippen molar-refractivity contribution in [2.45, 2.75) is 50.7 Å². The van der Waals surface area contributed by atoms with Crippen LogP contribution in [0.4, 0.5) is 0 Å². The second kappa shape index (κ2) is 8.20. The van der Waals surface area contributed by atoms with E-state index in [9.17, 15) is 0 Å². The Labute approximate surface area is 119 Å². The number of hydrogen-bond donors (Lipinski definition) is 1. The number of hydrogen-bond acceptors (Lipinski definition) is 4. The number of nitrogens with zero attached hydrogens (tertiary/aromatic N) is 2. The molecule has 0 radical (unpaired) electrons. The SMILES string of the molecule is CCN(CCCN(C)C)C1(CN)CCCC(OC)C1. The number of nitrogens with two attached hydrogens (primary N) is 1. The highest BCUT2D eigenvalue weighted by molar-refractivity contribution is 4.97. The van der Waals surface area contributed by atoms with Crippen molar-refractivity contribution in [3.05, 3.63) is 0 Å². The predicted octanol–water partition coefficient (Wildman–Crippen LogP) is 1.55. The van der Waals surface area contributed by atoms with Crippen LogP contribution in [0.5, 0.6) is 0 Å². The van der Waals surface area contributed by atoms with Crippen molar-refractivity contribution in [1.29, 1.82) is 0 Å². The fourth-order valence-electron chi connectivity index (χ4n) is 3.40. The molecular weight excluding hydrogens is 238 g/mol. The van der Waals surface area contributed by atoms with Gasteiger partial charge < -0.3 is 15.4 Å². The van der Waals surface area contributed by atoms with Gasteiger partial charge in [0.1, 0.15) is 0 Å². The molecular formula is C15H33N3O. The van der Waals surface area contributed by atoms with Gasteiger partial charge in [0.05, 0.1) is 6.10 Å². The Hall–Kier alpha value is -0.160. The highest BCUT2D eigenvalue weighted by Crippen LogP contribution is 2.34. The Bertz CT molecular complexity index is 248. The van der Waals surface area contributed by atoms with Crippen molar-refractivity contribution in [2.24, 2.45) is 5.73 Å². The van der Waals surface area contributed by atoms with Crippen molar-refractivity contribution in [3.8, 4) is 0 Å². The van der Waals surface area contributed by atoms with E-state index in [1.54, 1.807) is 0 Å². The summed E-state index contributed by atoms with van der Waals surface area (Å²) in [5.41, 5.74) is 6.32. The van der Waals surface area contributed by atoms with Crippen LogP contribution in [0.2, 0.25) is 0 Å². The van der Waals surface area contributed by atoms with Gasteiger partial charge in [0, 0.05) is 19.2 Å². The monoisotopic (exact) mass is 271 g/mol. The lowest BCUT2D eigenvalue weighted by Gasteiger charge is -2.47. The maximum Gasteiger partial charge on any atom is 0.0589 e. The summed E-state index contributed by atoms with van der Waals surface area (Å²) in [6, 6.07) is 0.